The Balaban J connectivity index is 1.63. The summed E-state index contributed by atoms with van der Waals surface area (Å²) in [5.74, 6) is -5.79. The Bertz CT molecular complexity index is 1480. The Hall–Kier alpha value is -2.96. The summed E-state index contributed by atoms with van der Waals surface area (Å²) >= 11 is 0. The van der Waals surface area contributed by atoms with Gasteiger partial charge >= 0.3 is 5.97 Å². The number of aliphatic hydroxyl groups is 4. The van der Waals surface area contributed by atoms with Crippen molar-refractivity contribution in [2.24, 2.45) is 29.6 Å². The van der Waals surface area contributed by atoms with Crippen molar-refractivity contribution in [3.63, 3.8) is 0 Å². The Morgan fingerprint density at radius 1 is 0.857 bits per heavy atom. The van der Waals surface area contributed by atoms with E-state index >= 15 is 0 Å². The van der Waals surface area contributed by atoms with Crippen LogP contribution in [0.3, 0.4) is 0 Å². The lowest BCUT2D eigenvalue weighted by atomic mass is 9.80. The van der Waals surface area contributed by atoms with Gasteiger partial charge in [-0.05, 0) is 113 Å². The summed E-state index contributed by atoms with van der Waals surface area (Å²) in [5.41, 5.74) is 1.27. The highest BCUT2D eigenvalue weighted by atomic mass is 16.6. The average Bonchev–Trinajstić information content (AvgIpc) is 3.17. The molecule has 314 valence electrons. The van der Waals surface area contributed by atoms with Gasteiger partial charge in [0.1, 0.15) is 17.9 Å². The topological polar surface area (TPSA) is 171 Å². The maximum Gasteiger partial charge on any atom is 0.329 e. The number of fused-ring (bicyclic) bond motifs is 3. The lowest BCUT2D eigenvalue weighted by molar-refractivity contribution is -0.265. The number of rotatable bonds is 3. The van der Waals surface area contributed by atoms with Crippen LogP contribution >= 0.6 is 0 Å². The summed E-state index contributed by atoms with van der Waals surface area (Å²) in [6, 6.07) is -1.03. The number of ketones is 2. The molecule has 3 heterocycles. The minimum atomic E-state index is -2.42. The van der Waals surface area contributed by atoms with Gasteiger partial charge in [0.15, 0.2) is 0 Å². The third-order valence-corrected chi connectivity index (χ3v) is 12.8. The molecular weight excluding hydrogens is 714 g/mol. The molecule has 0 aromatic heterocycles. The first kappa shape index (κ1) is 45.7. The van der Waals surface area contributed by atoms with Gasteiger partial charge in [0.05, 0.1) is 24.4 Å². The predicted molar refractivity (Wildman–Crippen MR) is 214 cm³/mol. The normalized spacial score (nSPS) is 40.5. The zero-order valence-corrected chi connectivity index (χ0v) is 34.6. The Morgan fingerprint density at radius 2 is 1.57 bits per heavy atom. The molecule has 11 nitrogen and oxygen atoms in total. The van der Waals surface area contributed by atoms with Gasteiger partial charge in [-0.3, -0.25) is 14.4 Å². The third-order valence-electron chi connectivity index (χ3n) is 12.8. The van der Waals surface area contributed by atoms with Crippen LogP contribution in [0.1, 0.15) is 131 Å². The molecule has 56 heavy (non-hydrogen) atoms. The Kier molecular flexibility index (Phi) is 17.3. The number of cyclic esters (lactones) is 1. The Labute approximate surface area is 334 Å². The number of nitrogens with zero attached hydrogens (tertiary/aromatic N) is 1. The first-order valence-corrected chi connectivity index (χ1v) is 21.2. The molecule has 11 heteroatoms. The molecule has 0 spiro atoms. The van der Waals surface area contributed by atoms with Gasteiger partial charge in [-0.1, -0.05) is 64.2 Å². The molecule has 1 unspecified atom stereocenters. The fourth-order valence-electron chi connectivity index (χ4n) is 8.72. The molecule has 10 atom stereocenters. The maximum absolute atomic E-state index is 14.1. The van der Waals surface area contributed by atoms with Crippen LogP contribution in [0.15, 0.2) is 47.6 Å². The quantitative estimate of drug-likeness (QED) is 0.150. The average molecular weight is 784 g/mol. The zero-order valence-electron chi connectivity index (χ0n) is 34.6. The molecule has 4 rings (SSSR count). The zero-order chi connectivity index (χ0) is 41.2. The van der Waals surface area contributed by atoms with Gasteiger partial charge in [0.2, 0.25) is 5.79 Å². The molecule has 0 radical (unpaired) electrons. The van der Waals surface area contributed by atoms with Crippen LogP contribution in [0.2, 0.25) is 0 Å². The van der Waals surface area contributed by atoms with Crippen LogP contribution in [-0.2, 0) is 28.7 Å². The van der Waals surface area contributed by atoms with Crippen LogP contribution in [0, 0.1) is 29.6 Å². The lowest BCUT2D eigenvalue weighted by Crippen LogP contribution is -2.60. The molecule has 0 aromatic rings. The van der Waals surface area contributed by atoms with Crippen LogP contribution in [-0.4, -0.2) is 97.7 Å². The number of esters is 1. The molecule has 2 saturated heterocycles. The fourth-order valence-corrected chi connectivity index (χ4v) is 8.72. The maximum atomic E-state index is 14.1. The van der Waals surface area contributed by atoms with Crippen molar-refractivity contribution in [3.8, 4) is 0 Å². The molecule has 3 fully saturated rings. The summed E-state index contributed by atoms with van der Waals surface area (Å²) in [5, 5.41) is 43.9. The minimum Gasteiger partial charge on any atom is -0.460 e. The van der Waals surface area contributed by atoms with Gasteiger partial charge in [0, 0.05) is 37.6 Å². The monoisotopic (exact) mass is 783 g/mol. The molecule has 1 amide bonds. The standard InChI is InChI=1S/C45H69NO10/c1-28-12-8-7-9-13-29(2)38(48)26-36-21-16-33(6)45(54,56-36)42(51)43(52)46-23-11-10-14-37(46)44(53)55-41(32(5)25-34-17-19-35(47)20-18-34)22-15-30(3)39(49)27-40(50)31(4)24-28/h7-9,12-13,15,28,31-39,41,47-49,54H,10-11,14,16-27H2,1-6H3/b9-7+,12-8+,29-13+,30-15+/t28-,31-,32-,33-,34?,35?,36+,37+,38+,39+,41?,45-/m1/s1. The predicted octanol–water partition coefficient (Wildman–Crippen LogP) is 6.07. The van der Waals surface area contributed by atoms with E-state index < -0.39 is 59.8 Å². The summed E-state index contributed by atoms with van der Waals surface area (Å²) in [6.07, 6.45) is 15.0. The Morgan fingerprint density at radius 3 is 2.29 bits per heavy atom. The van der Waals surface area contributed by atoms with E-state index in [0.717, 1.165) is 32.1 Å². The number of aliphatic hydroxyl groups excluding tert-OH is 3. The molecule has 3 aliphatic heterocycles. The van der Waals surface area contributed by atoms with E-state index in [1.807, 2.05) is 51.2 Å². The highest BCUT2D eigenvalue weighted by molar-refractivity contribution is 6.39. The van der Waals surface area contributed by atoms with E-state index in [2.05, 4.69) is 0 Å². The fraction of sp³-hybridized carbons (Fsp3) is 0.733. The van der Waals surface area contributed by atoms with E-state index in [0.29, 0.717) is 55.6 Å². The van der Waals surface area contributed by atoms with Crippen molar-refractivity contribution in [1.82, 2.24) is 4.90 Å². The molecule has 0 aromatic carbocycles. The summed E-state index contributed by atoms with van der Waals surface area (Å²) in [4.78, 5) is 56.5. The number of carbonyl (C=O) groups excluding carboxylic acids is 4. The second-order valence-electron chi connectivity index (χ2n) is 17.5. The molecule has 4 aliphatic rings. The van der Waals surface area contributed by atoms with Crippen molar-refractivity contribution in [3.05, 3.63) is 47.6 Å². The third kappa shape index (κ3) is 12.5. The number of Topliss-reactive ketones (excluding diaryl/α,β-unsaturated/α-hetero) is 2. The summed E-state index contributed by atoms with van der Waals surface area (Å²) < 4.78 is 12.3. The van der Waals surface area contributed by atoms with Crippen LogP contribution in [0.4, 0.5) is 0 Å². The van der Waals surface area contributed by atoms with Gasteiger partial charge in [-0.15, -0.1) is 0 Å². The SMILES string of the molecule is C/C1=C\CC([C@H](C)CC2CCC(O)CC2)OC(=O)[C@@H]2CCCCN2C(=O)C(=O)[C@]2(O)O[C@@H](CC[C@H]2C)C[C@H](O)/C(C)=C/C=C/C=C/[C@@H](C)C[C@@H](C)C(=O)C[C@@H]1O. The van der Waals surface area contributed by atoms with Gasteiger partial charge in [-0.2, -0.15) is 0 Å². The van der Waals surface area contributed by atoms with E-state index in [9.17, 15) is 39.6 Å². The largest absolute Gasteiger partial charge is 0.460 e. The lowest BCUT2D eigenvalue weighted by Gasteiger charge is -2.42. The number of piperidine rings is 1. The highest BCUT2D eigenvalue weighted by Crippen LogP contribution is 2.37. The molecular formula is C45H69NO10. The first-order valence-electron chi connectivity index (χ1n) is 21.2. The van der Waals surface area contributed by atoms with Crippen LogP contribution < -0.4 is 0 Å². The second-order valence-corrected chi connectivity index (χ2v) is 17.5. The van der Waals surface area contributed by atoms with E-state index in [4.69, 9.17) is 9.47 Å². The molecule has 2 bridgehead atoms. The highest BCUT2D eigenvalue weighted by Gasteiger charge is 2.53. The van der Waals surface area contributed by atoms with Crippen molar-refractivity contribution >= 4 is 23.4 Å². The van der Waals surface area contributed by atoms with Crippen LogP contribution in [0.5, 0.6) is 0 Å². The number of amides is 1. The van der Waals surface area contributed by atoms with Crippen molar-refractivity contribution < 1.29 is 49.1 Å². The molecule has 1 saturated carbocycles. The van der Waals surface area contributed by atoms with E-state index in [1.165, 1.54) is 4.90 Å². The number of hydrogen-bond acceptors (Lipinski definition) is 10. The minimum absolute atomic E-state index is 0.0284. The summed E-state index contributed by atoms with van der Waals surface area (Å²) in [7, 11) is 0. The van der Waals surface area contributed by atoms with Gasteiger partial charge in [-0.25, -0.2) is 4.79 Å². The van der Waals surface area contributed by atoms with Crippen molar-refractivity contribution in [2.45, 2.75) is 174 Å². The second kappa shape index (κ2) is 21.2. The van der Waals surface area contributed by atoms with E-state index in [-0.39, 0.29) is 55.4 Å². The first-order chi connectivity index (χ1) is 26.5. The number of ether oxygens (including phenoxy) is 2. The molecule has 1 aliphatic carbocycles. The number of hydrogen-bond donors (Lipinski definition) is 4. The van der Waals surface area contributed by atoms with Gasteiger partial charge < -0.3 is 34.8 Å². The number of carbonyl (C=O) groups is 4. The smallest absolute Gasteiger partial charge is 0.329 e. The van der Waals surface area contributed by atoms with Gasteiger partial charge in [0.25, 0.3) is 11.7 Å². The summed E-state index contributed by atoms with van der Waals surface area (Å²) in [6.45, 7) is 11.3. The van der Waals surface area contributed by atoms with Crippen molar-refractivity contribution in [2.75, 3.05) is 6.54 Å². The van der Waals surface area contributed by atoms with E-state index in [1.54, 1.807) is 26.8 Å². The number of allylic oxidation sites excluding steroid dienone is 5. The van der Waals surface area contributed by atoms with Crippen molar-refractivity contribution in [1.29, 1.82) is 0 Å². The van der Waals surface area contributed by atoms with Crippen LogP contribution in [0.25, 0.3) is 0 Å². The molecule has 4 N–H and O–H groups in total.